The van der Waals surface area contributed by atoms with Crippen LogP contribution in [0.2, 0.25) is 0 Å². The van der Waals surface area contributed by atoms with Crippen molar-refractivity contribution < 1.29 is 18.0 Å². The number of benzene rings is 2. The molecule has 4 heterocycles. The first-order valence-corrected chi connectivity index (χ1v) is 13.4. The van der Waals surface area contributed by atoms with Crippen molar-refractivity contribution in [2.45, 2.75) is 25.9 Å². The smallest absolute Gasteiger partial charge is 0.336 e. The van der Waals surface area contributed by atoms with Gasteiger partial charge in [-0.15, -0.1) is 5.10 Å². The van der Waals surface area contributed by atoms with Crippen molar-refractivity contribution in [3.63, 3.8) is 0 Å². The molecule has 1 fully saturated rings. The Balaban J connectivity index is 1.20. The molecular weight excluding hydrogens is 533 g/mol. The van der Waals surface area contributed by atoms with Gasteiger partial charge in [0.25, 0.3) is 11.7 Å². The zero-order valence-corrected chi connectivity index (χ0v) is 22.3. The van der Waals surface area contributed by atoms with Gasteiger partial charge < -0.3 is 9.80 Å². The van der Waals surface area contributed by atoms with E-state index in [2.05, 4.69) is 27.1 Å². The fraction of sp³-hybridized carbons (Fsp3) is 0.276. The van der Waals surface area contributed by atoms with E-state index in [4.69, 9.17) is 0 Å². The van der Waals surface area contributed by atoms with E-state index in [0.29, 0.717) is 48.9 Å². The zero-order chi connectivity index (χ0) is 28.6. The predicted molar refractivity (Wildman–Crippen MR) is 147 cm³/mol. The summed E-state index contributed by atoms with van der Waals surface area (Å²) in [5, 5.41) is 9.11. The number of amides is 1. The second-order valence-electron chi connectivity index (χ2n) is 9.81. The van der Waals surface area contributed by atoms with Crippen molar-refractivity contribution in [1.29, 1.82) is 0 Å². The Hall–Kier alpha value is -4.74. The molecule has 0 aliphatic carbocycles. The second kappa shape index (κ2) is 10.7. The molecule has 12 heteroatoms. The number of anilines is 1. The second-order valence-corrected chi connectivity index (χ2v) is 9.81. The third-order valence-electron chi connectivity index (χ3n) is 7.15. The number of piperazine rings is 1. The van der Waals surface area contributed by atoms with E-state index >= 15 is 0 Å². The van der Waals surface area contributed by atoms with Gasteiger partial charge in [0.05, 0.1) is 34.4 Å². The number of nitrogens with zero attached hydrogens (tertiary/aromatic N) is 8. The number of hydrogen-bond donors (Lipinski definition) is 0. The Morgan fingerprint density at radius 3 is 2.49 bits per heavy atom. The van der Waals surface area contributed by atoms with Crippen LogP contribution in [-0.2, 0) is 12.6 Å². The van der Waals surface area contributed by atoms with Crippen LogP contribution in [0.1, 0.15) is 35.0 Å². The summed E-state index contributed by atoms with van der Waals surface area (Å²) in [4.78, 5) is 26.1. The van der Waals surface area contributed by atoms with Gasteiger partial charge in [-0.1, -0.05) is 43.7 Å². The number of carbonyl (C=O) groups excluding carboxylic acids is 1. The van der Waals surface area contributed by atoms with E-state index < -0.39 is 11.7 Å². The third-order valence-corrected chi connectivity index (χ3v) is 7.15. The molecule has 0 spiro atoms. The molecule has 0 bridgehead atoms. The number of aromatic nitrogens is 6. The van der Waals surface area contributed by atoms with Gasteiger partial charge in [-0.25, -0.2) is 9.67 Å². The number of alkyl halides is 3. The number of hydrogen-bond acceptors (Lipinski definition) is 6. The lowest BCUT2D eigenvalue weighted by Crippen LogP contribution is -2.49. The van der Waals surface area contributed by atoms with Crippen LogP contribution in [0, 0.1) is 0 Å². The van der Waals surface area contributed by atoms with Crippen molar-refractivity contribution in [3.8, 4) is 16.9 Å². The Morgan fingerprint density at radius 2 is 1.76 bits per heavy atom. The summed E-state index contributed by atoms with van der Waals surface area (Å²) < 4.78 is 43.2. The summed E-state index contributed by atoms with van der Waals surface area (Å²) in [6.45, 7) is 3.99. The van der Waals surface area contributed by atoms with E-state index in [1.54, 1.807) is 18.3 Å². The Labute approximate surface area is 233 Å². The molecule has 0 radical (unpaired) electrons. The van der Waals surface area contributed by atoms with E-state index in [-0.39, 0.29) is 11.7 Å². The van der Waals surface area contributed by atoms with Crippen LogP contribution < -0.4 is 4.90 Å². The van der Waals surface area contributed by atoms with Crippen molar-refractivity contribution in [1.82, 2.24) is 34.3 Å². The van der Waals surface area contributed by atoms with Crippen LogP contribution in [0.4, 0.5) is 19.1 Å². The largest absolute Gasteiger partial charge is 0.416 e. The zero-order valence-electron chi connectivity index (χ0n) is 22.3. The van der Waals surface area contributed by atoms with E-state index in [0.717, 1.165) is 36.4 Å². The van der Waals surface area contributed by atoms with E-state index in [1.165, 1.54) is 16.8 Å². The lowest BCUT2D eigenvalue weighted by molar-refractivity contribution is -0.137. The minimum Gasteiger partial charge on any atom is -0.336 e. The molecule has 2 aromatic carbocycles. The van der Waals surface area contributed by atoms with Crippen LogP contribution in [-0.4, -0.2) is 66.3 Å². The highest BCUT2D eigenvalue weighted by Gasteiger charge is 2.31. The first-order valence-electron chi connectivity index (χ1n) is 13.4. The topological polar surface area (TPSA) is 84.5 Å². The fourth-order valence-corrected chi connectivity index (χ4v) is 5.09. The lowest BCUT2D eigenvalue weighted by atomic mass is 10.1. The minimum atomic E-state index is -4.45. The van der Waals surface area contributed by atoms with Gasteiger partial charge >= 0.3 is 6.18 Å². The van der Waals surface area contributed by atoms with Gasteiger partial charge in [0.1, 0.15) is 0 Å². The molecule has 3 aromatic heterocycles. The summed E-state index contributed by atoms with van der Waals surface area (Å²) in [5.74, 6) is 0.630. The third kappa shape index (κ3) is 5.12. The summed E-state index contributed by atoms with van der Waals surface area (Å²) in [6.07, 6.45) is 0.302. The van der Waals surface area contributed by atoms with Crippen molar-refractivity contribution in [2.24, 2.45) is 0 Å². The number of halogens is 3. The Bertz CT molecular complexity index is 1690. The lowest BCUT2D eigenvalue weighted by Gasteiger charge is -2.34. The quantitative estimate of drug-likeness (QED) is 0.294. The van der Waals surface area contributed by atoms with Gasteiger partial charge in [-0.3, -0.25) is 4.79 Å². The van der Waals surface area contributed by atoms with Gasteiger partial charge in [-0.2, -0.15) is 27.8 Å². The van der Waals surface area contributed by atoms with Crippen LogP contribution in [0.5, 0.6) is 0 Å². The number of rotatable bonds is 6. The maximum Gasteiger partial charge on any atom is 0.416 e. The molecule has 0 unspecified atom stereocenters. The van der Waals surface area contributed by atoms with Gasteiger partial charge in [0.15, 0.2) is 0 Å². The highest BCUT2D eigenvalue weighted by Crippen LogP contribution is 2.32. The average Bonchev–Trinajstić information content (AvgIpc) is 3.62. The molecule has 210 valence electrons. The first-order chi connectivity index (χ1) is 19.8. The maximum atomic E-state index is 13.6. The fourth-order valence-electron chi connectivity index (χ4n) is 5.09. The molecule has 9 nitrogen and oxygen atoms in total. The van der Waals surface area contributed by atoms with Crippen LogP contribution in [0.15, 0.2) is 73.1 Å². The molecule has 1 amide bonds. The predicted octanol–water partition coefficient (Wildman–Crippen LogP) is 4.91. The van der Waals surface area contributed by atoms with Crippen LogP contribution in [0.25, 0.3) is 22.7 Å². The van der Waals surface area contributed by atoms with Crippen LogP contribution in [0.3, 0.4) is 0 Å². The molecule has 1 aliphatic rings. The van der Waals surface area contributed by atoms with Gasteiger partial charge in [0.2, 0.25) is 5.95 Å². The molecule has 41 heavy (non-hydrogen) atoms. The molecule has 5 aromatic rings. The SMILES string of the molecule is CCCc1c(C(=O)N2CCN(c3nc4nccc(-c5cccc(C(F)(F)F)c5)n4n3)CC2)cnn1-c1ccccc1. The monoisotopic (exact) mass is 560 g/mol. The van der Waals surface area contributed by atoms with E-state index in [9.17, 15) is 18.0 Å². The number of carbonyl (C=O) groups is 1. The molecule has 1 aliphatic heterocycles. The number of para-hydroxylation sites is 1. The highest BCUT2D eigenvalue weighted by molar-refractivity contribution is 5.95. The van der Waals surface area contributed by atoms with E-state index in [1.807, 2.05) is 44.8 Å². The Kier molecular flexibility index (Phi) is 6.90. The first kappa shape index (κ1) is 26.5. The molecule has 0 atom stereocenters. The average molecular weight is 561 g/mol. The van der Waals surface area contributed by atoms with Gasteiger partial charge in [0, 0.05) is 37.9 Å². The van der Waals surface area contributed by atoms with Crippen molar-refractivity contribution in [2.75, 3.05) is 31.1 Å². The summed E-state index contributed by atoms with van der Waals surface area (Å²) in [6, 6.07) is 16.5. The molecular formula is C29H27F3N8O. The summed E-state index contributed by atoms with van der Waals surface area (Å²) >= 11 is 0. The summed E-state index contributed by atoms with van der Waals surface area (Å²) in [5.41, 5.74) is 2.48. The maximum absolute atomic E-state index is 13.6. The number of fused-ring (bicyclic) bond motifs is 1. The summed E-state index contributed by atoms with van der Waals surface area (Å²) in [7, 11) is 0. The molecule has 0 N–H and O–H groups in total. The Morgan fingerprint density at radius 1 is 0.976 bits per heavy atom. The standard InChI is InChI=1S/C29H27F3N8O/c1-2-7-25-23(19-34-39(25)22-10-4-3-5-11-22)26(41)37-14-16-38(17-15-37)28-35-27-33-13-12-24(40(27)36-28)20-8-6-9-21(18-20)29(30,31)32/h3-6,8-13,18-19H,2,7,14-17H2,1H3. The molecule has 1 saturated heterocycles. The normalized spacial score (nSPS) is 14.1. The molecule has 6 rings (SSSR count). The van der Waals surface area contributed by atoms with Gasteiger partial charge in [-0.05, 0) is 36.8 Å². The minimum absolute atomic E-state index is 0.0632. The highest BCUT2D eigenvalue weighted by atomic mass is 19.4. The van der Waals surface area contributed by atoms with Crippen molar-refractivity contribution in [3.05, 3.63) is 89.9 Å². The van der Waals surface area contributed by atoms with Crippen LogP contribution >= 0.6 is 0 Å². The van der Waals surface area contributed by atoms with Crippen molar-refractivity contribution >= 4 is 17.6 Å². The molecule has 0 saturated carbocycles.